The maximum atomic E-state index is 12.1. The van der Waals surface area contributed by atoms with Gasteiger partial charge in [-0.2, -0.15) is 0 Å². The number of pyridine rings is 1. The van der Waals surface area contributed by atoms with Gasteiger partial charge < -0.3 is 5.32 Å². The molecule has 0 aliphatic carbocycles. The highest BCUT2D eigenvalue weighted by Crippen LogP contribution is 2.22. The molecule has 0 saturated heterocycles. The lowest BCUT2D eigenvalue weighted by Gasteiger charge is -2.07. The Bertz CT molecular complexity index is 668. The van der Waals surface area contributed by atoms with Gasteiger partial charge in [0.15, 0.2) is 0 Å². The van der Waals surface area contributed by atoms with Gasteiger partial charge in [-0.05, 0) is 46.4 Å². The number of nitrogens with one attached hydrogen (secondary N) is 2. The summed E-state index contributed by atoms with van der Waals surface area (Å²) >= 11 is 4.87. The van der Waals surface area contributed by atoms with E-state index in [9.17, 15) is 8.42 Å². The standard InChI is InChI=1S/C12H14BrN3O2S2/c1-2-14-12-4-3-9(7-15-12)20(17,18)16-8-11-10(13)5-6-19-11/h3-7,16H,2,8H2,1H3,(H,14,15). The average molecular weight is 376 g/mol. The first kappa shape index (κ1) is 15.4. The highest BCUT2D eigenvalue weighted by Gasteiger charge is 2.15. The lowest BCUT2D eigenvalue weighted by atomic mass is 10.4. The number of sulfonamides is 1. The molecule has 0 radical (unpaired) electrons. The summed E-state index contributed by atoms with van der Waals surface area (Å²) in [5.74, 6) is 0.660. The molecule has 20 heavy (non-hydrogen) atoms. The lowest BCUT2D eigenvalue weighted by molar-refractivity contribution is 0.581. The summed E-state index contributed by atoms with van der Waals surface area (Å²) < 4.78 is 27.7. The van der Waals surface area contributed by atoms with E-state index in [1.807, 2.05) is 18.4 Å². The average Bonchev–Trinajstić information content (AvgIpc) is 2.83. The zero-order valence-electron chi connectivity index (χ0n) is 10.8. The maximum Gasteiger partial charge on any atom is 0.242 e. The van der Waals surface area contributed by atoms with E-state index in [1.165, 1.54) is 23.6 Å². The summed E-state index contributed by atoms with van der Waals surface area (Å²) in [6.45, 7) is 2.95. The molecule has 0 aliphatic rings. The van der Waals surface area contributed by atoms with Crippen molar-refractivity contribution in [3.63, 3.8) is 0 Å². The second-order valence-electron chi connectivity index (χ2n) is 3.93. The molecule has 2 N–H and O–H groups in total. The van der Waals surface area contributed by atoms with Crippen LogP contribution >= 0.6 is 27.3 Å². The number of hydrogen-bond donors (Lipinski definition) is 2. The van der Waals surface area contributed by atoms with Crippen LogP contribution in [0.1, 0.15) is 11.8 Å². The molecular formula is C12H14BrN3O2S2. The highest BCUT2D eigenvalue weighted by atomic mass is 79.9. The summed E-state index contributed by atoms with van der Waals surface area (Å²) in [5.41, 5.74) is 0. The van der Waals surface area contributed by atoms with E-state index >= 15 is 0 Å². The fourth-order valence-electron chi connectivity index (χ4n) is 1.52. The van der Waals surface area contributed by atoms with Gasteiger partial charge in [0, 0.05) is 28.6 Å². The van der Waals surface area contributed by atoms with Crippen molar-refractivity contribution in [1.29, 1.82) is 0 Å². The Labute approximate surface area is 130 Å². The van der Waals surface area contributed by atoms with Gasteiger partial charge in [0.2, 0.25) is 10.0 Å². The Kier molecular flexibility index (Phi) is 5.14. The number of hydrogen-bond acceptors (Lipinski definition) is 5. The molecule has 8 heteroatoms. The van der Waals surface area contributed by atoms with Crippen molar-refractivity contribution in [2.24, 2.45) is 0 Å². The largest absolute Gasteiger partial charge is 0.370 e. The molecule has 0 aliphatic heterocycles. The second-order valence-corrected chi connectivity index (χ2v) is 7.55. The van der Waals surface area contributed by atoms with Crippen molar-refractivity contribution in [2.75, 3.05) is 11.9 Å². The van der Waals surface area contributed by atoms with Crippen LogP contribution in [-0.2, 0) is 16.6 Å². The van der Waals surface area contributed by atoms with Crippen LogP contribution in [0.15, 0.2) is 39.1 Å². The molecule has 2 heterocycles. The van der Waals surface area contributed by atoms with Crippen molar-refractivity contribution < 1.29 is 8.42 Å². The molecule has 2 aromatic rings. The Balaban J connectivity index is 2.08. The molecule has 0 saturated carbocycles. The number of aromatic nitrogens is 1. The van der Waals surface area contributed by atoms with Gasteiger partial charge >= 0.3 is 0 Å². The van der Waals surface area contributed by atoms with Crippen LogP contribution < -0.4 is 10.0 Å². The minimum Gasteiger partial charge on any atom is -0.370 e. The fraction of sp³-hybridized carbons (Fsp3) is 0.250. The van der Waals surface area contributed by atoms with E-state index in [2.05, 4.69) is 31.0 Å². The molecule has 0 aromatic carbocycles. The number of nitrogens with zero attached hydrogens (tertiary/aromatic N) is 1. The molecule has 0 bridgehead atoms. The van der Waals surface area contributed by atoms with Crippen molar-refractivity contribution >= 4 is 43.1 Å². The molecule has 2 aromatic heterocycles. The van der Waals surface area contributed by atoms with Gasteiger partial charge in [0.05, 0.1) is 0 Å². The van der Waals surface area contributed by atoms with Crippen LogP contribution in [-0.4, -0.2) is 19.9 Å². The molecule has 5 nitrogen and oxygen atoms in total. The summed E-state index contributed by atoms with van der Waals surface area (Å²) in [6, 6.07) is 5.08. The van der Waals surface area contributed by atoms with Gasteiger partial charge in [0.1, 0.15) is 10.7 Å². The number of thiophene rings is 1. The minimum absolute atomic E-state index is 0.159. The molecule has 108 valence electrons. The summed E-state index contributed by atoms with van der Waals surface area (Å²) in [7, 11) is -3.54. The predicted octanol–water partition coefficient (Wildman–Crippen LogP) is 2.82. The first-order chi connectivity index (χ1) is 9.53. The van der Waals surface area contributed by atoms with Crippen LogP contribution in [0.25, 0.3) is 0 Å². The van der Waals surface area contributed by atoms with Crippen molar-refractivity contribution in [1.82, 2.24) is 9.71 Å². The molecule has 0 spiro atoms. The van der Waals surface area contributed by atoms with Gasteiger partial charge in [-0.1, -0.05) is 0 Å². The third-order valence-electron chi connectivity index (χ3n) is 2.52. The van der Waals surface area contributed by atoms with Crippen LogP contribution in [0.3, 0.4) is 0 Å². The van der Waals surface area contributed by atoms with E-state index in [-0.39, 0.29) is 11.4 Å². The quantitative estimate of drug-likeness (QED) is 0.814. The Morgan fingerprint density at radius 3 is 2.70 bits per heavy atom. The topological polar surface area (TPSA) is 71.1 Å². The summed E-state index contributed by atoms with van der Waals surface area (Å²) in [5, 5.41) is 4.92. The van der Waals surface area contributed by atoms with E-state index < -0.39 is 10.0 Å². The number of halogens is 1. The summed E-state index contributed by atoms with van der Waals surface area (Å²) in [6.07, 6.45) is 1.35. The Morgan fingerprint density at radius 1 is 1.35 bits per heavy atom. The van der Waals surface area contributed by atoms with Crippen molar-refractivity contribution in [3.05, 3.63) is 39.1 Å². The van der Waals surface area contributed by atoms with Gasteiger partial charge in [0.25, 0.3) is 0 Å². The van der Waals surface area contributed by atoms with Crippen LogP contribution in [0.5, 0.6) is 0 Å². The summed E-state index contributed by atoms with van der Waals surface area (Å²) in [4.78, 5) is 5.16. The molecular weight excluding hydrogens is 362 g/mol. The van der Waals surface area contributed by atoms with Crippen molar-refractivity contribution in [2.45, 2.75) is 18.4 Å². The lowest BCUT2D eigenvalue weighted by Crippen LogP contribution is -2.23. The Morgan fingerprint density at radius 2 is 2.15 bits per heavy atom. The normalized spacial score (nSPS) is 11.5. The third kappa shape index (κ3) is 3.78. The van der Waals surface area contributed by atoms with Crippen LogP contribution in [0.4, 0.5) is 5.82 Å². The van der Waals surface area contributed by atoms with E-state index in [1.54, 1.807) is 6.07 Å². The van der Waals surface area contributed by atoms with Gasteiger partial charge in [-0.25, -0.2) is 18.1 Å². The minimum atomic E-state index is -3.54. The molecule has 2 rings (SSSR count). The zero-order valence-corrected chi connectivity index (χ0v) is 14.0. The van der Waals surface area contributed by atoms with E-state index in [4.69, 9.17) is 0 Å². The molecule has 0 atom stereocenters. The molecule has 0 unspecified atom stereocenters. The first-order valence-electron chi connectivity index (χ1n) is 5.94. The number of anilines is 1. The van der Waals surface area contributed by atoms with Gasteiger partial charge in [-0.15, -0.1) is 11.3 Å². The molecule has 0 amide bonds. The monoisotopic (exact) mass is 375 g/mol. The maximum absolute atomic E-state index is 12.1. The van der Waals surface area contributed by atoms with E-state index in [0.29, 0.717) is 5.82 Å². The van der Waals surface area contributed by atoms with E-state index in [0.717, 1.165) is 15.9 Å². The smallest absolute Gasteiger partial charge is 0.242 e. The van der Waals surface area contributed by atoms with Crippen molar-refractivity contribution in [3.8, 4) is 0 Å². The first-order valence-corrected chi connectivity index (χ1v) is 9.10. The van der Waals surface area contributed by atoms with Crippen LogP contribution in [0, 0.1) is 0 Å². The fourth-order valence-corrected chi connectivity index (χ4v) is 3.98. The highest BCUT2D eigenvalue weighted by molar-refractivity contribution is 9.10. The third-order valence-corrected chi connectivity index (χ3v) is 5.83. The number of rotatable bonds is 6. The van der Waals surface area contributed by atoms with Crippen LogP contribution in [0.2, 0.25) is 0 Å². The molecule has 0 fully saturated rings. The second kappa shape index (κ2) is 6.66. The van der Waals surface area contributed by atoms with Gasteiger partial charge in [-0.3, -0.25) is 0 Å². The zero-order chi connectivity index (χ0) is 14.6. The predicted molar refractivity (Wildman–Crippen MR) is 84.4 cm³/mol. The Hall–Kier alpha value is -0.960. The SMILES string of the molecule is CCNc1ccc(S(=O)(=O)NCc2sccc2Br)cn1.